The molecule has 1 fully saturated rings. The molecule has 1 unspecified atom stereocenters. The number of ketones is 1. The Morgan fingerprint density at radius 3 is 2.26 bits per heavy atom. The average molecular weight is 457 g/mol. The lowest BCUT2D eigenvalue weighted by Crippen LogP contribution is -2.45. The monoisotopic (exact) mass is 456 g/mol. The van der Waals surface area contributed by atoms with E-state index in [9.17, 15) is 14.0 Å². The van der Waals surface area contributed by atoms with Gasteiger partial charge in [-0.25, -0.2) is 9.18 Å². The minimum atomic E-state index is -0.702. The molecule has 3 aromatic carbocycles. The van der Waals surface area contributed by atoms with Crippen LogP contribution in [0.3, 0.4) is 0 Å². The molecule has 0 heterocycles. The number of carbonyl (C=O) groups excluding carboxylic acids is 2. The SMILES string of the molecule is CN(C(=O)OC1c2ccccc2-c2ccccc21)C1CCc2c(c(N)cc(F)c2C2CC2)C1=O. The second-order valence-corrected chi connectivity index (χ2v) is 9.46. The van der Waals surface area contributed by atoms with Gasteiger partial charge >= 0.3 is 6.09 Å². The van der Waals surface area contributed by atoms with Crippen molar-refractivity contribution < 1.29 is 18.7 Å². The maximum Gasteiger partial charge on any atom is 0.411 e. The van der Waals surface area contributed by atoms with Gasteiger partial charge in [-0.1, -0.05) is 48.5 Å². The molecule has 0 saturated heterocycles. The highest BCUT2D eigenvalue weighted by atomic mass is 19.1. The second-order valence-electron chi connectivity index (χ2n) is 9.46. The summed E-state index contributed by atoms with van der Waals surface area (Å²) in [5.41, 5.74) is 11.9. The Morgan fingerprint density at radius 1 is 1.03 bits per heavy atom. The van der Waals surface area contributed by atoms with E-state index in [-0.39, 0.29) is 23.2 Å². The third-order valence-electron chi connectivity index (χ3n) is 7.41. The summed E-state index contributed by atoms with van der Waals surface area (Å²) in [6, 6.07) is 16.3. The number of nitrogens with two attached hydrogens (primary N) is 1. The molecule has 3 aliphatic carbocycles. The average Bonchev–Trinajstić information content (AvgIpc) is 3.62. The first kappa shape index (κ1) is 20.9. The van der Waals surface area contributed by atoms with Crippen LogP contribution in [-0.4, -0.2) is 29.9 Å². The minimum absolute atomic E-state index is 0.145. The fourth-order valence-corrected chi connectivity index (χ4v) is 5.60. The van der Waals surface area contributed by atoms with Crippen LogP contribution in [0.5, 0.6) is 0 Å². The number of benzene rings is 3. The molecule has 2 N–H and O–H groups in total. The van der Waals surface area contributed by atoms with Crippen LogP contribution >= 0.6 is 0 Å². The van der Waals surface area contributed by atoms with E-state index in [1.165, 1.54) is 11.0 Å². The van der Waals surface area contributed by atoms with Gasteiger partial charge in [-0.2, -0.15) is 0 Å². The van der Waals surface area contributed by atoms with Crippen molar-refractivity contribution in [1.29, 1.82) is 0 Å². The summed E-state index contributed by atoms with van der Waals surface area (Å²) in [5.74, 6) is -0.396. The van der Waals surface area contributed by atoms with Crippen LogP contribution in [0.2, 0.25) is 0 Å². The number of hydrogen-bond acceptors (Lipinski definition) is 4. The summed E-state index contributed by atoms with van der Waals surface area (Å²) < 4.78 is 20.6. The highest BCUT2D eigenvalue weighted by Crippen LogP contribution is 2.47. The van der Waals surface area contributed by atoms with Gasteiger partial charge in [0.25, 0.3) is 0 Å². The predicted octanol–water partition coefficient (Wildman–Crippen LogP) is 5.62. The van der Waals surface area contributed by atoms with E-state index in [0.717, 1.165) is 40.7 Å². The smallest absolute Gasteiger partial charge is 0.411 e. The van der Waals surface area contributed by atoms with E-state index in [4.69, 9.17) is 10.5 Å². The van der Waals surface area contributed by atoms with Gasteiger partial charge in [-0.3, -0.25) is 4.79 Å². The Hall–Kier alpha value is -3.67. The van der Waals surface area contributed by atoms with Gasteiger partial charge in [-0.05, 0) is 59.9 Å². The number of nitrogens with zero attached hydrogens (tertiary/aromatic N) is 1. The molecule has 0 aliphatic heterocycles. The third-order valence-corrected chi connectivity index (χ3v) is 7.41. The normalized spacial score (nSPS) is 18.8. The molecule has 1 atom stereocenters. The van der Waals surface area contributed by atoms with E-state index in [2.05, 4.69) is 0 Å². The van der Waals surface area contributed by atoms with Crippen molar-refractivity contribution in [3.05, 3.63) is 88.2 Å². The predicted molar refractivity (Wildman–Crippen MR) is 127 cm³/mol. The maximum absolute atomic E-state index is 14.6. The highest BCUT2D eigenvalue weighted by molar-refractivity contribution is 6.07. The number of ether oxygens (including phenoxy) is 1. The number of hydrogen-bond donors (Lipinski definition) is 1. The first-order valence-electron chi connectivity index (χ1n) is 11.7. The molecule has 0 bridgehead atoms. The van der Waals surface area contributed by atoms with Gasteiger partial charge in [0, 0.05) is 29.4 Å². The lowest BCUT2D eigenvalue weighted by molar-refractivity contribution is 0.0612. The van der Waals surface area contributed by atoms with Crippen molar-refractivity contribution in [3.63, 3.8) is 0 Å². The second kappa shape index (κ2) is 7.69. The van der Waals surface area contributed by atoms with Crippen LogP contribution in [0.1, 0.15) is 63.9 Å². The van der Waals surface area contributed by atoms with E-state index in [1.54, 1.807) is 7.05 Å². The van der Waals surface area contributed by atoms with Crippen LogP contribution in [0, 0.1) is 5.82 Å². The van der Waals surface area contributed by atoms with Crippen LogP contribution in [0.15, 0.2) is 54.6 Å². The summed E-state index contributed by atoms with van der Waals surface area (Å²) in [6.45, 7) is 0. The summed E-state index contributed by atoms with van der Waals surface area (Å²) >= 11 is 0. The zero-order valence-corrected chi connectivity index (χ0v) is 18.9. The topological polar surface area (TPSA) is 72.6 Å². The van der Waals surface area contributed by atoms with Crippen molar-refractivity contribution in [2.24, 2.45) is 0 Å². The fraction of sp³-hybridized carbons (Fsp3) is 0.286. The number of halogens is 1. The molecule has 0 spiro atoms. The van der Waals surface area contributed by atoms with Crippen molar-refractivity contribution in [3.8, 4) is 11.1 Å². The molecule has 6 heteroatoms. The molecule has 3 aromatic rings. The van der Waals surface area contributed by atoms with E-state index >= 15 is 0 Å². The number of rotatable bonds is 3. The van der Waals surface area contributed by atoms with Gasteiger partial charge in [-0.15, -0.1) is 0 Å². The zero-order valence-electron chi connectivity index (χ0n) is 18.9. The van der Waals surface area contributed by atoms with Gasteiger partial charge in [0.15, 0.2) is 11.9 Å². The number of anilines is 1. The van der Waals surface area contributed by atoms with Crippen LogP contribution < -0.4 is 5.73 Å². The number of nitrogen functional groups attached to an aromatic ring is 1. The molecule has 34 heavy (non-hydrogen) atoms. The number of carbonyl (C=O) groups is 2. The zero-order chi connectivity index (χ0) is 23.6. The van der Waals surface area contributed by atoms with E-state index in [0.29, 0.717) is 24.0 Å². The largest absolute Gasteiger partial charge is 0.436 e. The summed E-state index contributed by atoms with van der Waals surface area (Å²) in [6.07, 6.45) is 1.68. The van der Waals surface area contributed by atoms with Gasteiger partial charge in [0.1, 0.15) is 5.82 Å². The van der Waals surface area contributed by atoms with Gasteiger partial charge in [0.05, 0.1) is 6.04 Å². The van der Waals surface area contributed by atoms with Crippen molar-refractivity contribution in [1.82, 2.24) is 4.90 Å². The molecule has 1 amide bonds. The van der Waals surface area contributed by atoms with E-state index < -0.39 is 18.2 Å². The quantitative estimate of drug-likeness (QED) is 0.519. The van der Waals surface area contributed by atoms with Gasteiger partial charge < -0.3 is 15.4 Å². The lowest BCUT2D eigenvalue weighted by Gasteiger charge is -2.33. The number of fused-ring (bicyclic) bond motifs is 4. The van der Waals surface area contributed by atoms with Crippen LogP contribution in [0.4, 0.5) is 14.9 Å². The summed E-state index contributed by atoms with van der Waals surface area (Å²) in [4.78, 5) is 28.1. The van der Waals surface area contributed by atoms with Crippen molar-refractivity contribution in [2.45, 2.75) is 43.7 Å². The lowest BCUT2D eigenvalue weighted by atomic mass is 9.81. The molecule has 6 rings (SSSR count). The molecule has 172 valence electrons. The summed E-state index contributed by atoms with van der Waals surface area (Å²) in [5, 5.41) is 0. The maximum atomic E-state index is 14.6. The van der Waals surface area contributed by atoms with Crippen molar-refractivity contribution >= 4 is 17.6 Å². The Balaban J connectivity index is 1.28. The summed E-state index contributed by atoms with van der Waals surface area (Å²) in [7, 11) is 1.59. The molecule has 3 aliphatic rings. The molecular weight excluding hydrogens is 431 g/mol. The van der Waals surface area contributed by atoms with Crippen molar-refractivity contribution in [2.75, 3.05) is 12.8 Å². The Labute approximate surface area is 197 Å². The Kier molecular flexibility index (Phi) is 4.73. The third kappa shape index (κ3) is 3.12. The number of amides is 1. The standard InChI is InChI=1S/C28H25FN2O3/c1-31(23-13-12-20-24(15-10-11-15)21(29)14-22(30)25(20)26(23)32)28(33)34-27-18-8-4-2-6-16(18)17-7-3-5-9-19(17)27/h2-9,14-15,23,27H,10-13,30H2,1H3. The fourth-order valence-electron chi connectivity index (χ4n) is 5.60. The Bertz CT molecular complexity index is 1300. The van der Waals surface area contributed by atoms with Crippen LogP contribution in [-0.2, 0) is 11.2 Å². The highest BCUT2D eigenvalue weighted by Gasteiger charge is 2.40. The molecule has 1 saturated carbocycles. The molecule has 5 nitrogen and oxygen atoms in total. The Morgan fingerprint density at radius 2 is 1.65 bits per heavy atom. The van der Waals surface area contributed by atoms with Gasteiger partial charge in [0.2, 0.25) is 0 Å². The van der Waals surface area contributed by atoms with E-state index in [1.807, 2.05) is 48.5 Å². The molecule has 0 aromatic heterocycles. The first-order chi connectivity index (χ1) is 16.5. The number of likely N-dealkylation sites (N-methyl/N-ethyl adjacent to an activating group) is 1. The minimum Gasteiger partial charge on any atom is -0.436 e. The first-order valence-corrected chi connectivity index (χ1v) is 11.7. The molecular formula is C28H25FN2O3. The molecule has 0 radical (unpaired) electrons. The number of Topliss-reactive ketones (excluding diaryl/α,β-unsaturated/α-hetero) is 1. The van der Waals surface area contributed by atoms with Crippen LogP contribution in [0.25, 0.3) is 11.1 Å².